The second-order valence-electron chi connectivity index (χ2n) is 5.62. The summed E-state index contributed by atoms with van der Waals surface area (Å²) in [6, 6.07) is 5.87. The van der Waals surface area contributed by atoms with Crippen LogP contribution in [0, 0.1) is 6.92 Å². The van der Waals surface area contributed by atoms with Gasteiger partial charge in [0, 0.05) is 23.1 Å². The van der Waals surface area contributed by atoms with Crippen molar-refractivity contribution in [3.63, 3.8) is 0 Å². The van der Waals surface area contributed by atoms with Crippen LogP contribution in [0.3, 0.4) is 0 Å². The smallest absolute Gasteiger partial charge is 0.284 e. The van der Waals surface area contributed by atoms with Crippen LogP contribution in [0.25, 0.3) is 0 Å². The first kappa shape index (κ1) is 15.8. The molecule has 1 aromatic carbocycles. The minimum atomic E-state index is -0.616. The standard InChI is InChI=1S/C17H17N3O4/c1-9-14-12(3-2-4-13(14)24-15(9)16(18)22)19-20-17(23)10-5-7-11(21)8-6-10/h5-8,21H,2-4H2,1H3,(H2,18,22)(H,20,23)/b19-12+. The van der Waals surface area contributed by atoms with Crippen molar-refractivity contribution in [3.8, 4) is 5.75 Å². The van der Waals surface area contributed by atoms with Gasteiger partial charge in [-0.05, 0) is 44.0 Å². The summed E-state index contributed by atoms with van der Waals surface area (Å²) in [5, 5.41) is 13.5. The van der Waals surface area contributed by atoms with Crippen molar-refractivity contribution in [2.45, 2.75) is 26.2 Å². The molecule has 0 saturated heterocycles. The number of hydrazone groups is 1. The molecule has 124 valence electrons. The molecule has 0 spiro atoms. The van der Waals surface area contributed by atoms with E-state index in [1.807, 2.05) is 0 Å². The molecule has 1 heterocycles. The van der Waals surface area contributed by atoms with Crippen LogP contribution < -0.4 is 11.2 Å². The van der Waals surface area contributed by atoms with Gasteiger partial charge in [0.25, 0.3) is 11.8 Å². The Kier molecular flexibility index (Phi) is 4.07. The lowest BCUT2D eigenvalue weighted by atomic mass is 9.93. The summed E-state index contributed by atoms with van der Waals surface area (Å²) in [6.45, 7) is 1.76. The van der Waals surface area contributed by atoms with Gasteiger partial charge in [0.05, 0.1) is 5.71 Å². The van der Waals surface area contributed by atoms with Crippen molar-refractivity contribution in [2.24, 2.45) is 10.8 Å². The van der Waals surface area contributed by atoms with Crippen molar-refractivity contribution in [2.75, 3.05) is 0 Å². The number of hydrogen-bond acceptors (Lipinski definition) is 5. The molecule has 2 amide bonds. The van der Waals surface area contributed by atoms with Crippen molar-refractivity contribution < 1.29 is 19.1 Å². The molecule has 0 atom stereocenters. The van der Waals surface area contributed by atoms with Gasteiger partial charge in [-0.3, -0.25) is 9.59 Å². The third kappa shape index (κ3) is 2.88. The number of nitrogens with one attached hydrogen (secondary N) is 1. The quantitative estimate of drug-likeness (QED) is 0.746. The number of fused-ring (bicyclic) bond motifs is 1. The van der Waals surface area contributed by atoms with E-state index in [2.05, 4.69) is 10.5 Å². The average molecular weight is 327 g/mol. The van der Waals surface area contributed by atoms with E-state index in [-0.39, 0.29) is 17.4 Å². The Labute approximate surface area is 138 Å². The zero-order valence-corrected chi connectivity index (χ0v) is 13.1. The van der Waals surface area contributed by atoms with Crippen molar-refractivity contribution in [1.29, 1.82) is 0 Å². The maximum absolute atomic E-state index is 12.1. The van der Waals surface area contributed by atoms with Crippen LogP contribution >= 0.6 is 0 Å². The average Bonchev–Trinajstić information content (AvgIpc) is 2.91. The number of phenols is 1. The Bertz CT molecular complexity index is 834. The number of nitrogens with two attached hydrogens (primary N) is 1. The number of primary amides is 1. The predicted molar refractivity (Wildman–Crippen MR) is 87.0 cm³/mol. The van der Waals surface area contributed by atoms with Gasteiger partial charge in [-0.2, -0.15) is 5.10 Å². The topological polar surface area (TPSA) is 118 Å². The molecule has 0 bridgehead atoms. The first-order chi connectivity index (χ1) is 11.5. The minimum absolute atomic E-state index is 0.0859. The van der Waals surface area contributed by atoms with Crippen LogP contribution in [0.4, 0.5) is 0 Å². The van der Waals surface area contributed by atoms with Crippen molar-refractivity contribution >= 4 is 17.5 Å². The lowest BCUT2D eigenvalue weighted by Gasteiger charge is -2.13. The molecule has 4 N–H and O–H groups in total. The molecule has 1 aromatic heterocycles. The number of benzene rings is 1. The van der Waals surface area contributed by atoms with Gasteiger partial charge >= 0.3 is 0 Å². The third-order valence-electron chi connectivity index (χ3n) is 3.97. The van der Waals surface area contributed by atoms with Gasteiger partial charge in [0.1, 0.15) is 11.5 Å². The van der Waals surface area contributed by atoms with E-state index >= 15 is 0 Å². The number of furan rings is 1. The molecule has 7 nitrogen and oxygen atoms in total. The van der Waals surface area contributed by atoms with E-state index in [1.54, 1.807) is 6.92 Å². The highest BCUT2D eigenvalue weighted by atomic mass is 16.4. The normalized spacial score (nSPS) is 15.1. The highest BCUT2D eigenvalue weighted by Crippen LogP contribution is 2.29. The number of rotatable bonds is 3. The molecule has 0 radical (unpaired) electrons. The van der Waals surface area contributed by atoms with Gasteiger partial charge in [-0.25, -0.2) is 5.43 Å². The molecule has 24 heavy (non-hydrogen) atoms. The van der Waals surface area contributed by atoms with E-state index in [9.17, 15) is 14.7 Å². The zero-order valence-electron chi connectivity index (χ0n) is 13.1. The molecule has 1 aliphatic carbocycles. The number of carbonyl (C=O) groups excluding carboxylic acids is 2. The lowest BCUT2D eigenvalue weighted by Crippen LogP contribution is -2.22. The first-order valence-corrected chi connectivity index (χ1v) is 7.55. The van der Waals surface area contributed by atoms with E-state index in [0.717, 1.165) is 12.0 Å². The number of carbonyl (C=O) groups is 2. The van der Waals surface area contributed by atoms with E-state index in [1.165, 1.54) is 24.3 Å². The number of amides is 2. The molecular weight excluding hydrogens is 310 g/mol. The van der Waals surface area contributed by atoms with Crippen LogP contribution in [0.15, 0.2) is 33.8 Å². The molecule has 7 heteroatoms. The second-order valence-corrected chi connectivity index (χ2v) is 5.62. The van der Waals surface area contributed by atoms with Crippen molar-refractivity contribution in [1.82, 2.24) is 5.43 Å². The predicted octanol–water partition coefficient (Wildman–Crippen LogP) is 1.86. The molecule has 3 rings (SSSR count). The van der Waals surface area contributed by atoms with Crippen LogP contribution in [-0.4, -0.2) is 22.6 Å². The Morgan fingerprint density at radius 1 is 1.25 bits per heavy atom. The monoisotopic (exact) mass is 327 g/mol. The van der Waals surface area contributed by atoms with Crippen LogP contribution in [-0.2, 0) is 6.42 Å². The number of aryl methyl sites for hydroxylation is 1. The fourth-order valence-corrected chi connectivity index (χ4v) is 2.81. The Morgan fingerprint density at radius 3 is 2.62 bits per heavy atom. The SMILES string of the molecule is Cc1c(C(N)=O)oc2c1/C(=N/NC(=O)c1ccc(O)cc1)CCC2. The Balaban J connectivity index is 1.86. The van der Waals surface area contributed by atoms with Crippen LogP contribution in [0.5, 0.6) is 5.75 Å². The maximum atomic E-state index is 12.1. The van der Waals surface area contributed by atoms with Gasteiger partial charge in [-0.1, -0.05) is 0 Å². The molecule has 0 saturated carbocycles. The van der Waals surface area contributed by atoms with Crippen LogP contribution in [0.1, 0.15) is 50.6 Å². The number of aromatic hydroxyl groups is 1. The lowest BCUT2D eigenvalue weighted by molar-refractivity contribution is 0.0952. The van der Waals surface area contributed by atoms with Gasteiger partial charge in [0.2, 0.25) is 0 Å². The largest absolute Gasteiger partial charge is 0.508 e. The summed E-state index contributed by atoms with van der Waals surface area (Å²) in [6.07, 6.45) is 2.18. The van der Waals surface area contributed by atoms with E-state index < -0.39 is 5.91 Å². The summed E-state index contributed by atoms with van der Waals surface area (Å²) in [4.78, 5) is 23.5. The Hall–Kier alpha value is -3.09. The molecule has 2 aromatic rings. The Morgan fingerprint density at radius 2 is 1.96 bits per heavy atom. The molecule has 0 unspecified atom stereocenters. The fourth-order valence-electron chi connectivity index (χ4n) is 2.81. The summed E-state index contributed by atoms with van der Waals surface area (Å²) in [7, 11) is 0. The number of hydrogen-bond donors (Lipinski definition) is 3. The number of phenolic OH excluding ortho intramolecular Hbond substituents is 1. The maximum Gasteiger partial charge on any atom is 0.284 e. The summed E-state index contributed by atoms with van der Waals surface area (Å²) >= 11 is 0. The summed E-state index contributed by atoms with van der Waals surface area (Å²) in [5.74, 6) is -0.104. The minimum Gasteiger partial charge on any atom is -0.508 e. The molecular formula is C17H17N3O4. The zero-order chi connectivity index (χ0) is 17.3. The van der Waals surface area contributed by atoms with E-state index in [4.69, 9.17) is 10.2 Å². The second kappa shape index (κ2) is 6.19. The molecule has 0 fully saturated rings. The highest BCUT2D eigenvalue weighted by molar-refractivity contribution is 6.07. The third-order valence-corrected chi connectivity index (χ3v) is 3.97. The summed E-state index contributed by atoms with van der Waals surface area (Å²) < 4.78 is 5.54. The fraction of sp³-hybridized carbons (Fsp3) is 0.235. The number of nitrogens with zero attached hydrogens (tertiary/aromatic N) is 1. The summed E-state index contributed by atoms with van der Waals surface area (Å²) in [5.41, 5.74) is 10.3. The molecule has 1 aliphatic rings. The van der Waals surface area contributed by atoms with Crippen LogP contribution in [0.2, 0.25) is 0 Å². The highest BCUT2D eigenvalue weighted by Gasteiger charge is 2.27. The first-order valence-electron chi connectivity index (χ1n) is 7.55. The van der Waals surface area contributed by atoms with Crippen molar-refractivity contribution in [3.05, 3.63) is 52.5 Å². The van der Waals surface area contributed by atoms with E-state index in [0.29, 0.717) is 35.4 Å². The van der Waals surface area contributed by atoms with Gasteiger partial charge < -0.3 is 15.3 Å². The molecule has 0 aliphatic heterocycles. The van der Waals surface area contributed by atoms with Gasteiger partial charge in [-0.15, -0.1) is 0 Å². The van der Waals surface area contributed by atoms with Gasteiger partial charge in [0.15, 0.2) is 5.76 Å².